The number of thioether (sulfide) groups is 2. The Morgan fingerprint density at radius 3 is 3.12 bits per heavy atom. The van der Waals surface area contributed by atoms with E-state index in [-0.39, 0.29) is 0 Å². The van der Waals surface area contributed by atoms with Crippen LogP contribution < -0.4 is 0 Å². The minimum atomic E-state index is 0.572. The number of nitriles is 1. The fraction of sp³-hybridized carbons (Fsp3) is 0.400. The van der Waals surface area contributed by atoms with Crippen LogP contribution in [0, 0.1) is 11.3 Å². The molecule has 0 unspecified atom stereocenters. The van der Waals surface area contributed by atoms with Gasteiger partial charge in [0.2, 0.25) is 0 Å². The maximum Gasteiger partial charge on any atom is 0.181 e. The second kappa shape index (κ2) is 6.47. The zero-order valence-electron chi connectivity index (χ0n) is 9.09. The molecule has 0 spiro atoms. The molecular formula is C10H11N5S2. The zero-order valence-corrected chi connectivity index (χ0v) is 10.7. The number of imidazole rings is 1. The molecule has 0 aliphatic rings. The molecule has 1 N–H and O–H groups in total. The van der Waals surface area contributed by atoms with Gasteiger partial charge >= 0.3 is 0 Å². The fourth-order valence-electron chi connectivity index (χ4n) is 1.30. The molecule has 2 aromatic heterocycles. The lowest BCUT2D eigenvalue weighted by Gasteiger charge is -2.00. The average molecular weight is 265 g/mol. The van der Waals surface area contributed by atoms with Gasteiger partial charge in [0.05, 0.1) is 18.1 Å². The summed E-state index contributed by atoms with van der Waals surface area (Å²) in [5, 5.41) is 9.33. The van der Waals surface area contributed by atoms with Crippen LogP contribution in [0.3, 0.4) is 0 Å². The largest absolute Gasteiger partial charge is 0.341 e. The lowest BCUT2D eigenvalue weighted by molar-refractivity contribution is 1.07. The molecule has 17 heavy (non-hydrogen) atoms. The van der Waals surface area contributed by atoms with E-state index in [0.717, 1.165) is 28.5 Å². The molecule has 0 fully saturated rings. The first-order chi connectivity index (χ1) is 8.42. The Balaban J connectivity index is 1.83. The molecule has 0 aliphatic heterocycles. The molecule has 0 atom stereocenters. The number of nitrogens with zero attached hydrogens (tertiary/aromatic N) is 4. The van der Waals surface area contributed by atoms with Gasteiger partial charge < -0.3 is 4.98 Å². The maximum atomic E-state index is 8.39. The van der Waals surface area contributed by atoms with Crippen LogP contribution >= 0.6 is 23.5 Å². The van der Waals surface area contributed by atoms with E-state index in [1.54, 1.807) is 29.9 Å². The number of aromatic amines is 1. The van der Waals surface area contributed by atoms with Crippen LogP contribution in [0.5, 0.6) is 0 Å². The van der Waals surface area contributed by atoms with Crippen LogP contribution in [0.2, 0.25) is 0 Å². The quantitative estimate of drug-likeness (QED) is 0.489. The van der Waals surface area contributed by atoms with Gasteiger partial charge in [-0.2, -0.15) is 5.26 Å². The predicted molar refractivity (Wildman–Crippen MR) is 70.0 cm³/mol. The third-order valence-electron chi connectivity index (χ3n) is 2.03. The Morgan fingerprint density at radius 1 is 1.29 bits per heavy atom. The van der Waals surface area contributed by atoms with Crippen LogP contribution in [0.15, 0.2) is 17.7 Å². The highest BCUT2D eigenvalue weighted by molar-refractivity contribution is 8.00. The van der Waals surface area contributed by atoms with Gasteiger partial charge in [0, 0.05) is 5.75 Å². The second-order valence-electron chi connectivity index (χ2n) is 3.19. The van der Waals surface area contributed by atoms with Gasteiger partial charge in [0.1, 0.15) is 16.9 Å². The summed E-state index contributed by atoms with van der Waals surface area (Å²) >= 11 is 3.36. The summed E-state index contributed by atoms with van der Waals surface area (Å²) in [6, 6.07) is 2.12. The number of fused-ring (bicyclic) bond motifs is 1. The number of hydrogen-bond donors (Lipinski definition) is 1. The number of H-pyrrole nitrogens is 1. The first-order valence-corrected chi connectivity index (χ1v) is 7.27. The topological polar surface area (TPSA) is 78.2 Å². The molecule has 0 saturated carbocycles. The summed E-state index contributed by atoms with van der Waals surface area (Å²) in [6.45, 7) is 0. The van der Waals surface area contributed by atoms with E-state index >= 15 is 0 Å². The Labute approximate surface area is 107 Å². The van der Waals surface area contributed by atoms with Crippen molar-refractivity contribution in [1.29, 1.82) is 5.26 Å². The average Bonchev–Trinajstić information content (AvgIpc) is 2.82. The van der Waals surface area contributed by atoms with Gasteiger partial charge in [-0.25, -0.2) is 15.0 Å². The van der Waals surface area contributed by atoms with E-state index in [9.17, 15) is 0 Å². The van der Waals surface area contributed by atoms with Crippen LogP contribution in [0.25, 0.3) is 11.2 Å². The Morgan fingerprint density at radius 2 is 2.24 bits per heavy atom. The molecular weight excluding hydrogens is 254 g/mol. The Kier molecular flexibility index (Phi) is 4.64. The fourth-order valence-corrected chi connectivity index (χ4v) is 2.97. The highest BCUT2D eigenvalue weighted by atomic mass is 32.2. The maximum absolute atomic E-state index is 8.39. The lowest BCUT2D eigenvalue weighted by Crippen LogP contribution is -1.89. The molecule has 0 aromatic carbocycles. The van der Waals surface area contributed by atoms with E-state index in [1.807, 2.05) is 0 Å². The molecule has 2 rings (SSSR count). The van der Waals surface area contributed by atoms with E-state index in [0.29, 0.717) is 11.4 Å². The third-order valence-corrected chi connectivity index (χ3v) is 4.01. The minimum absolute atomic E-state index is 0.572. The van der Waals surface area contributed by atoms with Gasteiger partial charge in [-0.05, 0) is 12.2 Å². The van der Waals surface area contributed by atoms with E-state index < -0.39 is 0 Å². The second-order valence-corrected chi connectivity index (χ2v) is 5.38. The molecule has 5 nitrogen and oxygen atoms in total. The number of aromatic nitrogens is 4. The highest BCUT2D eigenvalue weighted by Crippen LogP contribution is 2.22. The first kappa shape index (κ1) is 12.2. The van der Waals surface area contributed by atoms with Gasteiger partial charge in [0.15, 0.2) is 5.65 Å². The Bertz CT molecular complexity index is 519. The summed E-state index contributed by atoms with van der Waals surface area (Å²) < 4.78 is 0. The lowest BCUT2D eigenvalue weighted by atomic mass is 10.6. The van der Waals surface area contributed by atoms with E-state index in [2.05, 4.69) is 26.0 Å². The smallest absolute Gasteiger partial charge is 0.181 e. The molecule has 0 bridgehead atoms. The van der Waals surface area contributed by atoms with Crippen LogP contribution in [-0.2, 0) is 0 Å². The SMILES string of the molecule is N#CCSCCCSc1ncnc2nc[nH]c12. The van der Waals surface area contributed by atoms with Gasteiger partial charge in [0.25, 0.3) is 0 Å². The molecule has 2 heterocycles. The van der Waals surface area contributed by atoms with Crippen molar-refractivity contribution in [2.24, 2.45) is 0 Å². The summed E-state index contributed by atoms with van der Waals surface area (Å²) in [7, 11) is 0. The van der Waals surface area contributed by atoms with Crippen LogP contribution in [0.4, 0.5) is 0 Å². The third kappa shape index (κ3) is 3.35. The van der Waals surface area contributed by atoms with Crippen molar-refractivity contribution in [3.63, 3.8) is 0 Å². The molecule has 0 saturated heterocycles. The van der Waals surface area contributed by atoms with Crippen LogP contribution in [-0.4, -0.2) is 37.2 Å². The van der Waals surface area contributed by atoms with Gasteiger partial charge in [-0.15, -0.1) is 23.5 Å². The Hall–Kier alpha value is -1.26. The van der Waals surface area contributed by atoms with Crippen molar-refractivity contribution < 1.29 is 0 Å². The normalized spacial score (nSPS) is 10.5. The van der Waals surface area contributed by atoms with Crippen molar-refractivity contribution in [3.8, 4) is 6.07 Å². The van der Waals surface area contributed by atoms with E-state index in [1.165, 1.54) is 6.33 Å². The summed E-state index contributed by atoms with van der Waals surface area (Å²) in [5.74, 6) is 2.57. The number of rotatable bonds is 6. The van der Waals surface area contributed by atoms with E-state index in [4.69, 9.17) is 5.26 Å². The number of hydrogen-bond acceptors (Lipinski definition) is 6. The van der Waals surface area contributed by atoms with Crippen molar-refractivity contribution in [3.05, 3.63) is 12.7 Å². The van der Waals surface area contributed by atoms with Crippen LogP contribution in [0.1, 0.15) is 6.42 Å². The zero-order chi connectivity index (χ0) is 11.9. The van der Waals surface area contributed by atoms with Crippen molar-refractivity contribution in [2.45, 2.75) is 11.4 Å². The van der Waals surface area contributed by atoms with Gasteiger partial charge in [-0.1, -0.05) is 0 Å². The minimum Gasteiger partial charge on any atom is -0.341 e. The molecule has 2 aromatic rings. The van der Waals surface area contributed by atoms with Gasteiger partial charge in [-0.3, -0.25) is 0 Å². The van der Waals surface area contributed by atoms with Crippen molar-refractivity contribution in [1.82, 2.24) is 19.9 Å². The first-order valence-electron chi connectivity index (χ1n) is 5.13. The monoisotopic (exact) mass is 265 g/mol. The molecule has 7 heteroatoms. The summed E-state index contributed by atoms with van der Waals surface area (Å²) in [4.78, 5) is 15.4. The van der Waals surface area contributed by atoms with Crippen molar-refractivity contribution in [2.75, 3.05) is 17.3 Å². The molecule has 0 aliphatic carbocycles. The van der Waals surface area contributed by atoms with Crippen molar-refractivity contribution >= 4 is 34.7 Å². The predicted octanol–water partition coefficient (Wildman–Crippen LogP) is 2.09. The summed E-state index contributed by atoms with van der Waals surface area (Å²) in [5.41, 5.74) is 1.61. The number of nitrogens with one attached hydrogen (secondary N) is 1. The molecule has 88 valence electrons. The molecule has 0 amide bonds. The highest BCUT2D eigenvalue weighted by Gasteiger charge is 2.05. The molecule has 0 radical (unpaired) electrons. The standard InChI is InChI=1S/C10H11N5S2/c11-2-5-16-3-1-4-17-10-8-9(13-6-12-8)14-7-15-10/h6-7H,1,3-5H2,(H,12,13,14,15). The summed E-state index contributed by atoms with van der Waals surface area (Å²) in [6.07, 6.45) is 4.23.